The summed E-state index contributed by atoms with van der Waals surface area (Å²) in [6.07, 6.45) is 0.663. The summed E-state index contributed by atoms with van der Waals surface area (Å²) in [5.74, 6) is 0.171. The number of benzene rings is 3. The number of carbonyl (C=O) groups is 2. The van der Waals surface area contributed by atoms with Crippen molar-refractivity contribution in [3.63, 3.8) is 0 Å². The number of rotatable bonds is 7. The van der Waals surface area contributed by atoms with Crippen LogP contribution in [-0.2, 0) is 19.7 Å². The molecular formula is C29H28N4O4. The van der Waals surface area contributed by atoms with Gasteiger partial charge in [0, 0.05) is 0 Å². The first kappa shape index (κ1) is 24.2. The predicted octanol–water partition coefficient (Wildman–Crippen LogP) is 5.76. The maximum absolute atomic E-state index is 12.4. The van der Waals surface area contributed by atoms with Crippen LogP contribution in [0.1, 0.15) is 42.7 Å². The summed E-state index contributed by atoms with van der Waals surface area (Å²) in [5, 5.41) is 11.0. The van der Waals surface area contributed by atoms with Crippen LogP contribution in [0.5, 0.6) is 0 Å². The number of aromatic nitrogens is 3. The molecule has 1 aliphatic carbocycles. The van der Waals surface area contributed by atoms with Gasteiger partial charge in [0.2, 0.25) is 0 Å². The number of amides is 1. The first-order valence-corrected chi connectivity index (χ1v) is 12.2. The average Bonchev–Trinajstić information content (AvgIpc) is 3.67. The molecule has 1 atom stereocenters. The van der Waals surface area contributed by atoms with Crippen LogP contribution in [-0.4, -0.2) is 34.2 Å². The highest BCUT2D eigenvalue weighted by Gasteiger charge is 2.52. The lowest BCUT2D eigenvalue weighted by atomic mass is 9.94. The van der Waals surface area contributed by atoms with Crippen molar-refractivity contribution in [2.24, 2.45) is 0 Å². The summed E-state index contributed by atoms with van der Waals surface area (Å²) in [4.78, 5) is 24.6. The van der Waals surface area contributed by atoms with Gasteiger partial charge in [-0.15, -0.1) is 5.10 Å². The fourth-order valence-corrected chi connectivity index (χ4v) is 4.48. The standard InChI is InChI=1S/C29H28N4O4/c1-19-26(30-28(35)37-20(2)21-7-5-4-6-8-21)31-32-33(19)25-15-11-23(12-16-25)22-9-13-24(14-10-22)29(17-18-29)27(34)36-3/h4-16,20H,17-18H2,1-3H3,(H,30,35)/t20-/m1/s1. The van der Waals surface area contributed by atoms with E-state index in [1.807, 2.05) is 92.7 Å². The molecule has 0 bridgehead atoms. The Labute approximate surface area is 215 Å². The zero-order valence-corrected chi connectivity index (χ0v) is 21.0. The van der Waals surface area contributed by atoms with Crippen molar-refractivity contribution in [1.29, 1.82) is 0 Å². The Morgan fingerprint density at radius 2 is 1.57 bits per heavy atom. The Hall–Kier alpha value is -4.46. The molecule has 1 amide bonds. The molecular weight excluding hydrogens is 468 g/mol. The van der Waals surface area contributed by atoms with E-state index in [9.17, 15) is 9.59 Å². The molecule has 0 spiro atoms. The van der Waals surface area contributed by atoms with Crippen LogP contribution in [0.4, 0.5) is 10.6 Å². The normalized spacial score (nSPS) is 14.5. The van der Waals surface area contributed by atoms with Crippen molar-refractivity contribution < 1.29 is 19.1 Å². The van der Waals surface area contributed by atoms with Gasteiger partial charge in [0.15, 0.2) is 5.82 Å². The Kier molecular flexibility index (Phi) is 6.48. The van der Waals surface area contributed by atoms with Gasteiger partial charge in [-0.3, -0.25) is 10.1 Å². The smallest absolute Gasteiger partial charge is 0.413 e. The molecule has 1 aliphatic rings. The van der Waals surface area contributed by atoms with Crippen LogP contribution in [0.25, 0.3) is 16.8 Å². The zero-order chi connectivity index (χ0) is 26.0. The van der Waals surface area contributed by atoms with Crippen molar-refractivity contribution >= 4 is 17.9 Å². The molecule has 188 valence electrons. The Morgan fingerprint density at radius 3 is 2.16 bits per heavy atom. The molecule has 37 heavy (non-hydrogen) atoms. The topological polar surface area (TPSA) is 95.3 Å². The van der Waals surface area contributed by atoms with E-state index in [0.29, 0.717) is 11.5 Å². The third kappa shape index (κ3) is 4.82. The van der Waals surface area contributed by atoms with E-state index in [0.717, 1.165) is 40.8 Å². The predicted molar refractivity (Wildman–Crippen MR) is 139 cm³/mol. The fraction of sp³-hybridized carbons (Fsp3) is 0.241. The lowest BCUT2D eigenvalue weighted by Crippen LogP contribution is -2.21. The molecule has 1 saturated carbocycles. The van der Waals surface area contributed by atoms with E-state index in [1.165, 1.54) is 7.11 Å². The van der Waals surface area contributed by atoms with Gasteiger partial charge in [0.25, 0.3) is 0 Å². The summed E-state index contributed by atoms with van der Waals surface area (Å²) < 4.78 is 12.1. The van der Waals surface area contributed by atoms with Crippen LogP contribution in [0.15, 0.2) is 78.9 Å². The van der Waals surface area contributed by atoms with Gasteiger partial charge in [-0.2, -0.15) is 0 Å². The molecule has 5 rings (SSSR count). The minimum atomic E-state index is -0.592. The summed E-state index contributed by atoms with van der Waals surface area (Å²) in [6, 6.07) is 25.5. The lowest BCUT2D eigenvalue weighted by molar-refractivity contribution is -0.143. The van der Waals surface area contributed by atoms with E-state index in [2.05, 4.69) is 15.6 Å². The van der Waals surface area contributed by atoms with Gasteiger partial charge in [0.1, 0.15) is 6.10 Å². The molecule has 1 fully saturated rings. The third-order valence-electron chi connectivity index (χ3n) is 6.88. The highest BCUT2D eigenvalue weighted by atomic mass is 16.6. The number of nitrogens with one attached hydrogen (secondary N) is 1. The molecule has 8 nitrogen and oxygen atoms in total. The highest BCUT2D eigenvalue weighted by Crippen LogP contribution is 2.49. The van der Waals surface area contributed by atoms with Gasteiger partial charge >= 0.3 is 12.1 Å². The quantitative estimate of drug-likeness (QED) is 0.327. The van der Waals surface area contributed by atoms with Gasteiger partial charge in [-0.1, -0.05) is 71.9 Å². The van der Waals surface area contributed by atoms with E-state index in [-0.39, 0.29) is 5.97 Å². The highest BCUT2D eigenvalue weighted by molar-refractivity contribution is 5.87. The molecule has 1 heterocycles. The van der Waals surface area contributed by atoms with Crippen LogP contribution in [0.3, 0.4) is 0 Å². The largest absolute Gasteiger partial charge is 0.468 e. The third-order valence-corrected chi connectivity index (χ3v) is 6.88. The monoisotopic (exact) mass is 496 g/mol. The molecule has 1 N–H and O–H groups in total. The number of ether oxygens (including phenoxy) is 2. The minimum absolute atomic E-state index is 0.166. The number of carbonyl (C=O) groups excluding carboxylic acids is 2. The second-order valence-electron chi connectivity index (χ2n) is 9.22. The van der Waals surface area contributed by atoms with Crippen LogP contribution >= 0.6 is 0 Å². The van der Waals surface area contributed by atoms with Gasteiger partial charge in [0.05, 0.1) is 23.9 Å². The van der Waals surface area contributed by atoms with E-state index in [1.54, 1.807) is 4.68 Å². The van der Waals surface area contributed by atoms with E-state index >= 15 is 0 Å². The number of hydrogen-bond donors (Lipinski definition) is 1. The Morgan fingerprint density at radius 1 is 0.946 bits per heavy atom. The lowest BCUT2D eigenvalue weighted by Gasteiger charge is -2.14. The maximum Gasteiger partial charge on any atom is 0.413 e. The second-order valence-corrected chi connectivity index (χ2v) is 9.22. The van der Waals surface area contributed by atoms with Crippen LogP contribution < -0.4 is 5.32 Å². The summed E-state index contributed by atoms with van der Waals surface area (Å²) in [5.41, 5.74) is 5.00. The van der Waals surface area contributed by atoms with E-state index in [4.69, 9.17) is 9.47 Å². The number of hydrogen-bond acceptors (Lipinski definition) is 6. The second kappa shape index (κ2) is 9.89. The average molecular weight is 497 g/mol. The van der Waals surface area contributed by atoms with Crippen molar-refractivity contribution in [2.45, 2.75) is 38.2 Å². The van der Waals surface area contributed by atoms with Gasteiger partial charge in [-0.05, 0) is 61.1 Å². The minimum Gasteiger partial charge on any atom is -0.468 e. The van der Waals surface area contributed by atoms with Crippen LogP contribution in [0, 0.1) is 6.92 Å². The molecule has 4 aromatic rings. The fourth-order valence-electron chi connectivity index (χ4n) is 4.48. The first-order valence-electron chi connectivity index (χ1n) is 12.2. The van der Waals surface area contributed by atoms with Gasteiger partial charge in [-0.25, -0.2) is 9.48 Å². The van der Waals surface area contributed by atoms with Crippen molar-refractivity contribution in [2.75, 3.05) is 12.4 Å². The molecule has 0 aliphatic heterocycles. The molecule has 0 saturated heterocycles. The first-order chi connectivity index (χ1) is 17.9. The summed E-state index contributed by atoms with van der Waals surface area (Å²) in [6.45, 7) is 3.65. The molecule has 3 aromatic carbocycles. The number of anilines is 1. The van der Waals surface area contributed by atoms with E-state index < -0.39 is 17.6 Å². The summed E-state index contributed by atoms with van der Waals surface area (Å²) >= 11 is 0. The van der Waals surface area contributed by atoms with Crippen molar-refractivity contribution in [1.82, 2.24) is 15.0 Å². The number of nitrogens with zero attached hydrogens (tertiary/aromatic N) is 3. The van der Waals surface area contributed by atoms with Crippen LogP contribution in [0.2, 0.25) is 0 Å². The van der Waals surface area contributed by atoms with Crippen molar-refractivity contribution in [3.05, 3.63) is 95.7 Å². The SMILES string of the molecule is COC(=O)C1(c2ccc(-c3ccc(-n4nnc(NC(=O)O[C@H](C)c5ccccc5)c4C)cc3)cc2)CC1. The Bertz CT molecular complexity index is 1410. The van der Waals surface area contributed by atoms with Crippen molar-refractivity contribution in [3.8, 4) is 16.8 Å². The molecule has 0 radical (unpaired) electrons. The Balaban J connectivity index is 1.26. The number of esters is 1. The molecule has 1 aromatic heterocycles. The zero-order valence-electron chi connectivity index (χ0n) is 21.0. The number of methoxy groups -OCH3 is 1. The molecule has 0 unspecified atom stereocenters. The van der Waals surface area contributed by atoms with Gasteiger partial charge < -0.3 is 9.47 Å². The molecule has 8 heteroatoms. The summed E-state index contributed by atoms with van der Waals surface area (Å²) in [7, 11) is 1.44. The maximum atomic E-state index is 12.4.